The minimum Gasteiger partial charge on any atom is -0.471 e. The second-order valence-electron chi connectivity index (χ2n) is 9.40. The molecule has 3 aromatic heterocycles. The summed E-state index contributed by atoms with van der Waals surface area (Å²) >= 11 is 12.5. The van der Waals surface area contributed by atoms with Crippen LogP contribution >= 0.6 is 23.2 Å². The van der Waals surface area contributed by atoms with Gasteiger partial charge in [-0.15, -0.1) is 0 Å². The second kappa shape index (κ2) is 9.43. The monoisotopic (exact) mass is 511 g/mol. The summed E-state index contributed by atoms with van der Waals surface area (Å²) in [6, 6.07) is 6.93. The fraction of sp³-hybridized carbons (Fsp3) is 0.400. The number of rotatable bonds is 6. The summed E-state index contributed by atoms with van der Waals surface area (Å²) in [6.07, 6.45) is 12.5. The van der Waals surface area contributed by atoms with Crippen LogP contribution in [0.4, 0.5) is 0 Å². The summed E-state index contributed by atoms with van der Waals surface area (Å²) in [5.41, 5.74) is 9.47. The maximum Gasteiger partial charge on any atom is 0.177 e. The van der Waals surface area contributed by atoms with Crippen molar-refractivity contribution in [3.05, 3.63) is 58.6 Å². The number of piperidine rings is 1. The van der Waals surface area contributed by atoms with E-state index >= 15 is 0 Å². The van der Waals surface area contributed by atoms with Gasteiger partial charge >= 0.3 is 0 Å². The second-order valence-corrected chi connectivity index (χ2v) is 10.2. The number of aromatic amines is 1. The predicted octanol–water partition coefficient (Wildman–Crippen LogP) is 5.35. The highest BCUT2D eigenvalue weighted by Crippen LogP contribution is 2.34. The van der Waals surface area contributed by atoms with Crippen LogP contribution in [0.2, 0.25) is 10.0 Å². The number of hydrogen-bond donors (Lipinski definition) is 2. The number of likely N-dealkylation sites (tertiary alicyclic amines) is 1. The third-order valence-electron chi connectivity index (χ3n) is 7.31. The van der Waals surface area contributed by atoms with Crippen LogP contribution in [-0.2, 0) is 0 Å². The van der Waals surface area contributed by atoms with Gasteiger partial charge in [-0.05, 0) is 43.9 Å². The number of pyridine rings is 1. The number of benzene rings is 1. The lowest BCUT2D eigenvalue weighted by molar-refractivity contribution is 0.0842. The topological polar surface area (TPSA) is 97.9 Å². The Bertz CT molecular complexity index is 1320. The highest BCUT2D eigenvalue weighted by atomic mass is 35.5. The van der Waals surface area contributed by atoms with Crippen molar-refractivity contribution >= 4 is 34.1 Å². The Morgan fingerprint density at radius 3 is 2.51 bits per heavy atom. The quantitative estimate of drug-likeness (QED) is 0.338. The number of aromatic nitrogens is 5. The van der Waals surface area contributed by atoms with Gasteiger partial charge in [0, 0.05) is 54.2 Å². The lowest BCUT2D eigenvalue weighted by Gasteiger charge is -2.41. The van der Waals surface area contributed by atoms with Crippen molar-refractivity contribution in [2.45, 2.75) is 50.4 Å². The Labute approximate surface area is 213 Å². The third kappa shape index (κ3) is 4.40. The van der Waals surface area contributed by atoms with Crippen molar-refractivity contribution in [3.8, 4) is 17.0 Å². The Balaban J connectivity index is 1.20. The molecule has 8 nitrogen and oxygen atoms in total. The van der Waals surface area contributed by atoms with Gasteiger partial charge in [0.2, 0.25) is 0 Å². The molecule has 0 spiro atoms. The van der Waals surface area contributed by atoms with Crippen LogP contribution in [0.1, 0.15) is 49.9 Å². The first-order valence-corrected chi connectivity index (χ1v) is 12.8. The third-order valence-corrected chi connectivity index (χ3v) is 7.91. The zero-order chi connectivity index (χ0) is 23.9. The molecule has 1 atom stereocenters. The SMILES string of the molecule is N[C@@H](Oc1ccc2[nH]nc(-c3cnn(C4CCN(C5CCC5)CC4)c3)c2c1)c1c(Cl)cncc1Cl. The standard InChI is InChI=1S/C25H27Cl2N7O/c26-20-12-29-13-21(27)23(20)25(28)35-18-4-5-22-19(10-18)24(32-31-22)15-11-30-34(14-15)17-6-8-33(9-7-17)16-2-1-3-16/h4-5,10-14,16-17,25H,1-3,6-9,28H2,(H,31,32)/t25-/m0/s1. The number of hydrogen-bond acceptors (Lipinski definition) is 6. The van der Waals surface area contributed by atoms with Crippen molar-refractivity contribution in [3.63, 3.8) is 0 Å². The number of nitrogens with one attached hydrogen (secondary N) is 1. The largest absolute Gasteiger partial charge is 0.471 e. The van der Waals surface area contributed by atoms with Crippen molar-refractivity contribution in [1.29, 1.82) is 0 Å². The molecule has 4 heterocycles. The molecule has 1 aliphatic carbocycles. The summed E-state index contributed by atoms with van der Waals surface area (Å²) in [5, 5.41) is 14.0. The van der Waals surface area contributed by atoms with E-state index in [-0.39, 0.29) is 0 Å². The van der Waals surface area contributed by atoms with Crippen molar-refractivity contribution in [2.75, 3.05) is 13.1 Å². The maximum absolute atomic E-state index is 6.26. The molecular weight excluding hydrogens is 485 g/mol. The molecule has 2 fully saturated rings. The van der Waals surface area contributed by atoms with Gasteiger partial charge in [0.25, 0.3) is 0 Å². The van der Waals surface area contributed by atoms with Crippen molar-refractivity contribution in [1.82, 2.24) is 29.9 Å². The van der Waals surface area contributed by atoms with E-state index in [0.29, 0.717) is 27.4 Å². The van der Waals surface area contributed by atoms with Gasteiger partial charge in [0.05, 0.1) is 27.8 Å². The van der Waals surface area contributed by atoms with E-state index in [0.717, 1.165) is 54.1 Å². The van der Waals surface area contributed by atoms with Crippen LogP contribution in [0.3, 0.4) is 0 Å². The fourth-order valence-electron chi connectivity index (χ4n) is 5.11. The average Bonchev–Trinajstić information content (AvgIpc) is 3.45. The van der Waals surface area contributed by atoms with Gasteiger partial charge in [0.1, 0.15) is 11.4 Å². The average molecular weight is 512 g/mol. The molecule has 4 aromatic rings. The maximum atomic E-state index is 6.26. The molecule has 3 N–H and O–H groups in total. The Morgan fingerprint density at radius 2 is 1.80 bits per heavy atom. The highest BCUT2D eigenvalue weighted by Gasteiger charge is 2.29. The molecule has 182 valence electrons. The minimum absolute atomic E-state index is 0.362. The number of halogens is 2. The normalized spacial score (nSPS) is 18.6. The van der Waals surface area contributed by atoms with E-state index in [1.165, 1.54) is 31.7 Å². The molecule has 1 aromatic carbocycles. The molecule has 0 unspecified atom stereocenters. The molecule has 0 bridgehead atoms. The lowest BCUT2D eigenvalue weighted by atomic mass is 9.89. The number of H-pyrrole nitrogens is 1. The van der Waals surface area contributed by atoms with E-state index < -0.39 is 6.23 Å². The molecule has 1 aliphatic heterocycles. The summed E-state index contributed by atoms with van der Waals surface area (Å²) in [6.45, 7) is 2.31. The summed E-state index contributed by atoms with van der Waals surface area (Å²) in [4.78, 5) is 6.63. The van der Waals surface area contributed by atoms with Gasteiger partial charge in [-0.1, -0.05) is 29.6 Å². The molecule has 0 amide bonds. The van der Waals surface area contributed by atoms with E-state index in [1.807, 2.05) is 24.4 Å². The van der Waals surface area contributed by atoms with Crippen molar-refractivity contribution in [2.24, 2.45) is 5.73 Å². The van der Waals surface area contributed by atoms with Crippen LogP contribution < -0.4 is 10.5 Å². The molecule has 0 radical (unpaired) electrons. The van der Waals surface area contributed by atoms with E-state index in [9.17, 15) is 0 Å². The molecule has 35 heavy (non-hydrogen) atoms. The predicted molar refractivity (Wildman–Crippen MR) is 137 cm³/mol. The lowest BCUT2D eigenvalue weighted by Crippen LogP contribution is -2.45. The van der Waals surface area contributed by atoms with Gasteiger partial charge < -0.3 is 9.64 Å². The molecule has 2 aliphatic rings. The van der Waals surface area contributed by atoms with Crippen LogP contribution in [0.25, 0.3) is 22.2 Å². The summed E-state index contributed by atoms with van der Waals surface area (Å²) < 4.78 is 8.10. The molecule has 1 saturated carbocycles. The zero-order valence-corrected chi connectivity index (χ0v) is 20.7. The fourth-order valence-corrected chi connectivity index (χ4v) is 5.69. The molecule has 6 rings (SSSR count). The van der Waals surface area contributed by atoms with Gasteiger partial charge in [-0.25, -0.2) is 0 Å². The van der Waals surface area contributed by atoms with E-state index in [2.05, 4.69) is 31.0 Å². The van der Waals surface area contributed by atoms with Crippen molar-refractivity contribution < 1.29 is 4.74 Å². The summed E-state index contributed by atoms with van der Waals surface area (Å²) in [5.74, 6) is 0.590. The first-order valence-electron chi connectivity index (χ1n) is 12.0. The molecule has 10 heteroatoms. The molecular formula is C25H27Cl2N7O. The smallest absolute Gasteiger partial charge is 0.177 e. The number of fused-ring (bicyclic) bond motifs is 1. The van der Waals surface area contributed by atoms with Gasteiger partial charge in [-0.2, -0.15) is 10.2 Å². The van der Waals surface area contributed by atoms with Gasteiger partial charge in [0.15, 0.2) is 6.23 Å². The van der Waals surface area contributed by atoms with Gasteiger partial charge in [-0.3, -0.25) is 20.5 Å². The number of nitrogens with zero attached hydrogens (tertiary/aromatic N) is 5. The summed E-state index contributed by atoms with van der Waals surface area (Å²) in [7, 11) is 0. The van der Waals surface area contributed by atoms with Crippen LogP contribution in [0.5, 0.6) is 5.75 Å². The molecule has 1 saturated heterocycles. The minimum atomic E-state index is -0.834. The first-order chi connectivity index (χ1) is 17.1. The number of nitrogens with two attached hydrogens (primary N) is 1. The van der Waals surface area contributed by atoms with Crippen LogP contribution in [0.15, 0.2) is 43.0 Å². The van der Waals surface area contributed by atoms with Crippen LogP contribution in [-0.4, -0.2) is 49.0 Å². The van der Waals surface area contributed by atoms with E-state index in [1.54, 1.807) is 0 Å². The highest BCUT2D eigenvalue weighted by molar-refractivity contribution is 6.35. The Morgan fingerprint density at radius 1 is 1.03 bits per heavy atom. The number of ether oxygens (including phenoxy) is 1. The Hall–Kier alpha value is -2.65. The van der Waals surface area contributed by atoms with E-state index in [4.69, 9.17) is 38.8 Å². The van der Waals surface area contributed by atoms with Crippen LogP contribution in [0, 0.1) is 0 Å². The first kappa shape index (κ1) is 22.8. The Kier molecular flexibility index (Phi) is 6.14. The zero-order valence-electron chi connectivity index (χ0n) is 19.2.